The number of rotatable bonds is 6. The van der Waals surface area contributed by atoms with Gasteiger partial charge in [-0.3, -0.25) is 14.6 Å². The molecule has 2 saturated heterocycles. The van der Waals surface area contributed by atoms with Gasteiger partial charge in [0, 0.05) is 45.9 Å². The molecule has 0 radical (unpaired) electrons. The Kier molecular flexibility index (Phi) is 6.25. The first-order chi connectivity index (χ1) is 13.7. The van der Waals surface area contributed by atoms with Crippen LogP contribution in [0.1, 0.15) is 25.3 Å². The Labute approximate surface area is 167 Å². The minimum Gasteiger partial charge on any atom is -0.376 e. The molecule has 0 aliphatic carbocycles. The fraction of sp³-hybridized carbons (Fsp3) is 0.522. The summed E-state index contributed by atoms with van der Waals surface area (Å²) >= 11 is 0. The minimum absolute atomic E-state index is 0.0823. The van der Waals surface area contributed by atoms with Crippen LogP contribution in [0.4, 0.5) is 0 Å². The smallest absolute Gasteiger partial charge is 0.237 e. The van der Waals surface area contributed by atoms with E-state index in [1.54, 1.807) is 0 Å². The summed E-state index contributed by atoms with van der Waals surface area (Å²) in [5.74, 6) is 0.123. The lowest BCUT2D eigenvalue weighted by atomic mass is 10.0. The Morgan fingerprint density at radius 2 is 1.93 bits per heavy atom. The van der Waals surface area contributed by atoms with Gasteiger partial charge in [-0.05, 0) is 36.1 Å². The third kappa shape index (κ3) is 4.54. The molecule has 2 heterocycles. The average Bonchev–Trinajstić information content (AvgIpc) is 3.26. The van der Waals surface area contributed by atoms with Crippen LogP contribution >= 0.6 is 0 Å². The Morgan fingerprint density at radius 3 is 2.71 bits per heavy atom. The number of carbonyl (C=O) groups excluding carboxylic acids is 1. The second-order valence-electron chi connectivity index (χ2n) is 8.01. The topological polar surface area (TPSA) is 44.8 Å². The van der Waals surface area contributed by atoms with E-state index in [1.165, 1.54) is 16.3 Å². The highest BCUT2D eigenvalue weighted by Gasteiger charge is 2.26. The highest BCUT2D eigenvalue weighted by atomic mass is 16.5. The molecule has 2 aromatic carbocycles. The van der Waals surface area contributed by atoms with Crippen molar-refractivity contribution < 1.29 is 9.53 Å². The number of hydrogen-bond donors (Lipinski definition) is 1. The molecule has 2 aliphatic heterocycles. The molecule has 1 amide bonds. The quantitative estimate of drug-likeness (QED) is 0.836. The van der Waals surface area contributed by atoms with Crippen LogP contribution < -0.4 is 5.32 Å². The zero-order chi connectivity index (χ0) is 19.3. The standard InChI is InChI=1S/C23H31N3O2/c1-18(23(27)24-16-21-9-5-15-28-21)26-13-11-25(12-14-26)17-20-8-4-7-19-6-2-3-10-22(19)20/h2-4,6-8,10,18,21H,5,9,11-17H2,1H3,(H,24,27)/t18-,21-/m1/s1. The van der Waals surface area contributed by atoms with Crippen molar-refractivity contribution in [3.8, 4) is 0 Å². The SMILES string of the molecule is C[C@H](C(=O)NC[C@H]1CCCO1)N1CCN(Cc2cccc3ccccc23)CC1. The molecule has 0 unspecified atom stereocenters. The summed E-state index contributed by atoms with van der Waals surface area (Å²) in [6.45, 7) is 8.30. The molecule has 0 spiro atoms. The highest BCUT2D eigenvalue weighted by Crippen LogP contribution is 2.21. The predicted octanol–water partition coefficient (Wildman–Crippen LogP) is 2.64. The van der Waals surface area contributed by atoms with E-state index in [9.17, 15) is 4.79 Å². The number of benzene rings is 2. The van der Waals surface area contributed by atoms with Crippen LogP contribution in [-0.4, -0.2) is 67.2 Å². The fourth-order valence-corrected chi connectivity index (χ4v) is 4.31. The minimum atomic E-state index is -0.0823. The summed E-state index contributed by atoms with van der Waals surface area (Å²) in [5, 5.41) is 5.72. The first-order valence-corrected chi connectivity index (χ1v) is 10.5. The molecular formula is C23H31N3O2. The van der Waals surface area contributed by atoms with Gasteiger partial charge in [0.1, 0.15) is 0 Å². The number of hydrogen-bond acceptors (Lipinski definition) is 4. The van der Waals surface area contributed by atoms with E-state index in [0.29, 0.717) is 6.54 Å². The van der Waals surface area contributed by atoms with Crippen molar-refractivity contribution in [3.05, 3.63) is 48.0 Å². The number of amides is 1. The van der Waals surface area contributed by atoms with Gasteiger partial charge in [0.2, 0.25) is 5.91 Å². The fourth-order valence-electron chi connectivity index (χ4n) is 4.31. The van der Waals surface area contributed by atoms with Crippen LogP contribution in [0.5, 0.6) is 0 Å². The number of nitrogens with one attached hydrogen (secondary N) is 1. The monoisotopic (exact) mass is 381 g/mol. The van der Waals surface area contributed by atoms with Crippen molar-refractivity contribution >= 4 is 16.7 Å². The molecule has 5 heteroatoms. The maximum atomic E-state index is 12.5. The molecule has 5 nitrogen and oxygen atoms in total. The molecular weight excluding hydrogens is 350 g/mol. The zero-order valence-electron chi connectivity index (χ0n) is 16.8. The van der Waals surface area contributed by atoms with Crippen LogP contribution in [-0.2, 0) is 16.1 Å². The van der Waals surface area contributed by atoms with Crippen LogP contribution in [0.3, 0.4) is 0 Å². The van der Waals surface area contributed by atoms with E-state index in [-0.39, 0.29) is 18.1 Å². The third-order valence-corrected chi connectivity index (χ3v) is 6.14. The molecule has 150 valence electrons. The lowest BCUT2D eigenvalue weighted by Crippen LogP contribution is -2.54. The van der Waals surface area contributed by atoms with Crippen molar-refractivity contribution in [2.75, 3.05) is 39.3 Å². The van der Waals surface area contributed by atoms with Gasteiger partial charge in [0.15, 0.2) is 0 Å². The van der Waals surface area contributed by atoms with Gasteiger partial charge >= 0.3 is 0 Å². The highest BCUT2D eigenvalue weighted by molar-refractivity contribution is 5.85. The number of carbonyl (C=O) groups is 1. The Bertz CT molecular complexity index is 790. The maximum absolute atomic E-state index is 12.5. The molecule has 2 aliphatic rings. The lowest BCUT2D eigenvalue weighted by molar-refractivity contribution is -0.127. The normalized spacial score (nSPS) is 22.4. The zero-order valence-corrected chi connectivity index (χ0v) is 16.8. The largest absolute Gasteiger partial charge is 0.376 e. The second-order valence-corrected chi connectivity index (χ2v) is 8.01. The van der Waals surface area contributed by atoms with Crippen molar-refractivity contribution in [3.63, 3.8) is 0 Å². The number of nitrogens with zero attached hydrogens (tertiary/aromatic N) is 2. The number of piperazine rings is 1. The summed E-state index contributed by atoms with van der Waals surface area (Å²) in [6.07, 6.45) is 2.37. The van der Waals surface area contributed by atoms with Gasteiger partial charge in [0.05, 0.1) is 12.1 Å². The molecule has 2 fully saturated rings. The molecule has 1 N–H and O–H groups in total. The molecule has 28 heavy (non-hydrogen) atoms. The summed E-state index contributed by atoms with van der Waals surface area (Å²) in [5.41, 5.74) is 1.38. The second kappa shape index (κ2) is 9.03. The van der Waals surface area contributed by atoms with Crippen molar-refractivity contribution in [2.45, 2.75) is 38.5 Å². The Hall–Kier alpha value is -1.95. The molecule has 0 bridgehead atoms. The molecule has 0 aromatic heterocycles. The summed E-state index contributed by atoms with van der Waals surface area (Å²) in [7, 11) is 0. The first kappa shape index (κ1) is 19.4. The van der Waals surface area contributed by atoms with E-state index >= 15 is 0 Å². The van der Waals surface area contributed by atoms with Gasteiger partial charge in [-0.1, -0.05) is 42.5 Å². The third-order valence-electron chi connectivity index (χ3n) is 6.14. The molecule has 4 rings (SSSR count). The van der Waals surface area contributed by atoms with Gasteiger partial charge in [-0.2, -0.15) is 0 Å². The first-order valence-electron chi connectivity index (χ1n) is 10.5. The van der Waals surface area contributed by atoms with E-state index < -0.39 is 0 Å². The van der Waals surface area contributed by atoms with E-state index in [2.05, 4.69) is 57.6 Å². The molecule has 0 saturated carbocycles. The van der Waals surface area contributed by atoms with Crippen molar-refractivity contribution in [1.29, 1.82) is 0 Å². The maximum Gasteiger partial charge on any atom is 0.237 e. The molecule has 2 aromatic rings. The Morgan fingerprint density at radius 1 is 1.14 bits per heavy atom. The lowest BCUT2D eigenvalue weighted by Gasteiger charge is -2.37. The van der Waals surface area contributed by atoms with Gasteiger partial charge < -0.3 is 10.1 Å². The average molecular weight is 382 g/mol. The summed E-state index contributed by atoms with van der Waals surface area (Å²) in [4.78, 5) is 17.3. The van der Waals surface area contributed by atoms with Gasteiger partial charge in [-0.25, -0.2) is 0 Å². The van der Waals surface area contributed by atoms with Gasteiger partial charge in [-0.15, -0.1) is 0 Å². The van der Waals surface area contributed by atoms with E-state index in [4.69, 9.17) is 4.74 Å². The van der Waals surface area contributed by atoms with Gasteiger partial charge in [0.25, 0.3) is 0 Å². The van der Waals surface area contributed by atoms with Crippen molar-refractivity contribution in [1.82, 2.24) is 15.1 Å². The molecule has 2 atom stereocenters. The van der Waals surface area contributed by atoms with Crippen LogP contribution in [0.25, 0.3) is 10.8 Å². The van der Waals surface area contributed by atoms with Crippen LogP contribution in [0, 0.1) is 0 Å². The Balaban J connectivity index is 1.27. The van der Waals surface area contributed by atoms with E-state index in [1.807, 2.05) is 6.92 Å². The summed E-state index contributed by atoms with van der Waals surface area (Å²) in [6, 6.07) is 15.1. The van der Waals surface area contributed by atoms with Crippen LogP contribution in [0.15, 0.2) is 42.5 Å². The van der Waals surface area contributed by atoms with Crippen LogP contribution in [0.2, 0.25) is 0 Å². The predicted molar refractivity (Wildman–Crippen MR) is 112 cm³/mol. The van der Waals surface area contributed by atoms with Crippen molar-refractivity contribution in [2.24, 2.45) is 0 Å². The number of ether oxygens (including phenoxy) is 1. The van der Waals surface area contributed by atoms with E-state index in [0.717, 1.165) is 52.2 Å². The summed E-state index contributed by atoms with van der Waals surface area (Å²) < 4.78 is 5.59. The number of fused-ring (bicyclic) bond motifs is 1.